The number of methoxy groups -OCH3 is 1. The molecular weight excluding hydrogens is 516 g/mol. The van der Waals surface area contributed by atoms with Gasteiger partial charge in [-0.25, -0.2) is 4.98 Å². The number of pyridine rings is 1. The Labute approximate surface area is 240 Å². The molecule has 2 aliphatic carbocycles. The average Bonchev–Trinajstić information content (AvgIpc) is 2.97. The third-order valence-corrected chi connectivity index (χ3v) is 10.5. The number of benzene rings is 1. The van der Waals surface area contributed by atoms with Gasteiger partial charge in [-0.3, -0.25) is 19.3 Å². The summed E-state index contributed by atoms with van der Waals surface area (Å²) in [7, 11) is 1.29. The van der Waals surface area contributed by atoms with E-state index in [2.05, 4.69) is 4.90 Å². The summed E-state index contributed by atoms with van der Waals surface area (Å²) >= 11 is 0. The second-order valence-electron chi connectivity index (χ2n) is 12.9. The van der Waals surface area contributed by atoms with Gasteiger partial charge in [0.05, 0.1) is 18.1 Å². The maximum Gasteiger partial charge on any atom is 0.325 e. The van der Waals surface area contributed by atoms with Crippen molar-refractivity contribution in [3.63, 3.8) is 0 Å². The Morgan fingerprint density at radius 1 is 0.878 bits per heavy atom. The number of carbonyl (C=O) groups is 1. The lowest BCUT2D eigenvalue weighted by Gasteiger charge is -2.55. The number of aromatic nitrogens is 3. The predicted molar refractivity (Wildman–Crippen MR) is 158 cm³/mol. The lowest BCUT2D eigenvalue weighted by molar-refractivity contribution is -0.141. The van der Waals surface area contributed by atoms with Crippen LogP contribution in [-0.2, 0) is 16.1 Å². The summed E-state index contributed by atoms with van der Waals surface area (Å²) < 4.78 is 7.98. The van der Waals surface area contributed by atoms with E-state index in [0.717, 1.165) is 35.7 Å². The van der Waals surface area contributed by atoms with Gasteiger partial charge in [-0.05, 0) is 75.0 Å². The minimum absolute atomic E-state index is 0.100. The van der Waals surface area contributed by atoms with Gasteiger partial charge in [-0.2, -0.15) is 0 Å². The fourth-order valence-electron chi connectivity index (χ4n) is 8.83. The second-order valence-corrected chi connectivity index (χ2v) is 12.9. The van der Waals surface area contributed by atoms with Crippen molar-refractivity contribution in [2.24, 2.45) is 11.8 Å². The molecule has 4 heterocycles. The van der Waals surface area contributed by atoms with Gasteiger partial charge in [0.25, 0.3) is 11.1 Å². The first kappa shape index (κ1) is 26.6. The van der Waals surface area contributed by atoms with Gasteiger partial charge in [-0.1, -0.05) is 37.8 Å². The first-order valence-corrected chi connectivity index (χ1v) is 15.5. The van der Waals surface area contributed by atoms with Gasteiger partial charge in [0.1, 0.15) is 12.2 Å². The number of piperidine rings is 2. The van der Waals surface area contributed by atoms with E-state index < -0.39 is 5.97 Å². The SMILES string of the molecule is COC(=O)Cn1ccc(-c2nc3ccccc3n(C3C[C@H]4CCC[C@@H](C3)N4C3C[C@H]4CCC[C@@H](C3)C4)c2=O)cc1=O. The van der Waals surface area contributed by atoms with Gasteiger partial charge in [0, 0.05) is 42.0 Å². The van der Waals surface area contributed by atoms with Crippen LogP contribution >= 0.6 is 0 Å². The number of hydrogen-bond donors (Lipinski definition) is 0. The number of carbonyl (C=O) groups excluding carboxylic acids is 1. The van der Waals surface area contributed by atoms with Crippen molar-refractivity contribution in [1.29, 1.82) is 0 Å². The van der Waals surface area contributed by atoms with Gasteiger partial charge in [0.15, 0.2) is 0 Å². The van der Waals surface area contributed by atoms with Crippen molar-refractivity contribution in [3.05, 3.63) is 63.3 Å². The standard InChI is InChI=1S/C33H40N4O4/c1-41-31(39)20-35-13-12-23(17-30(35)38)32-33(40)37(29-11-3-2-10-28(29)34-32)27-18-24-8-5-9-25(19-27)36(24)26-15-21-6-4-7-22(14-21)16-26/h2-3,10-13,17,21-22,24-27H,4-9,14-16,18-20H2,1H3/t21-,22+,24-,25+,26?,27?. The topological polar surface area (TPSA) is 86.4 Å². The molecule has 0 spiro atoms. The zero-order valence-corrected chi connectivity index (χ0v) is 23.9. The van der Waals surface area contributed by atoms with Gasteiger partial charge < -0.3 is 13.9 Å². The summed E-state index contributed by atoms with van der Waals surface area (Å²) in [5.41, 5.74) is 1.88. The average molecular weight is 557 g/mol. The zero-order chi connectivity index (χ0) is 28.1. The van der Waals surface area contributed by atoms with Crippen LogP contribution in [-0.4, -0.2) is 50.2 Å². The van der Waals surface area contributed by atoms with Gasteiger partial charge in [0.2, 0.25) is 0 Å². The number of para-hydroxylation sites is 2. The maximum atomic E-state index is 14.2. The second kappa shape index (κ2) is 10.9. The highest BCUT2D eigenvalue weighted by atomic mass is 16.5. The van der Waals surface area contributed by atoms with E-state index in [4.69, 9.17) is 9.72 Å². The highest BCUT2D eigenvalue weighted by Crippen LogP contribution is 2.47. The zero-order valence-electron chi connectivity index (χ0n) is 23.9. The number of nitrogens with zero attached hydrogens (tertiary/aromatic N) is 4. The molecule has 0 amide bonds. The first-order valence-electron chi connectivity index (χ1n) is 15.5. The minimum atomic E-state index is -0.501. The quantitative estimate of drug-likeness (QED) is 0.415. The van der Waals surface area contributed by atoms with Crippen LogP contribution in [0.4, 0.5) is 0 Å². The monoisotopic (exact) mass is 556 g/mol. The number of fused-ring (bicyclic) bond motifs is 5. The molecule has 8 nitrogen and oxygen atoms in total. The molecule has 4 fully saturated rings. The van der Waals surface area contributed by atoms with Crippen LogP contribution in [0.3, 0.4) is 0 Å². The molecule has 1 aromatic carbocycles. The van der Waals surface area contributed by atoms with E-state index in [-0.39, 0.29) is 23.7 Å². The van der Waals surface area contributed by atoms with Crippen LogP contribution in [0, 0.1) is 11.8 Å². The number of rotatable bonds is 5. The highest BCUT2D eigenvalue weighted by Gasteiger charge is 2.45. The molecule has 6 atom stereocenters. The summed E-state index contributed by atoms with van der Waals surface area (Å²) in [4.78, 5) is 46.5. The van der Waals surface area contributed by atoms with Crippen LogP contribution in [0.15, 0.2) is 52.2 Å². The van der Waals surface area contributed by atoms with E-state index in [1.807, 2.05) is 28.8 Å². The molecule has 2 saturated carbocycles. The Balaban J connectivity index is 1.24. The van der Waals surface area contributed by atoms with Crippen molar-refractivity contribution < 1.29 is 9.53 Å². The fourth-order valence-corrected chi connectivity index (χ4v) is 8.83. The lowest BCUT2D eigenvalue weighted by Crippen LogP contribution is -2.58. The normalized spacial score (nSPS) is 29.8. The number of esters is 1. The summed E-state index contributed by atoms with van der Waals surface area (Å²) in [6.45, 7) is -0.172. The van der Waals surface area contributed by atoms with Crippen LogP contribution in [0.25, 0.3) is 22.3 Å². The molecule has 2 aromatic heterocycles. The summed E-state index contributed by atoms with van der Waals surface area (Å²) in [5.74, 6) is 1.31. The predicted octanol–water partition coefficient (Wildman–Crippen LogP) is 4.93. The molecule has 41 heavy (non-hydrogen) atoms. The first-order chi connectivity index (χ1) is 20.0. The minimum Gasteiger partial charge on any atom is -0.468 e. The number of ether oxygens (including phenoxy) is 1. The Morgan fingerprint density at radius 2 is 1.59 bits per heavy atom. The molecule has 3 aromatic rings. The molecule has 2 saturated heterocycles. The van der Waals surface area contributed by atoms with Crippen LogP contribution < -0.4 is 11.1 Å². The molecule has 2 aliphatic heterocycles. The van der Waals surface area contributed by atoms with Crippen LogP contribution in [0.2, 0.25) is 0 Å². The highest BCUT2D eigenvalue weighted by molar-refractivity contribution is 5.78. The molecule has 0 radical (unpaired) electrons. The summed E-state index contributed by atoms with van der Waals surface area (Å²) in [6, 6.07) is 12.8. The van der Waals surface area contributed by atoms with Crippen molar-refractivity contribution >= 4 is 17.0 Å². The van der Waals surface area contributed by atoms with E-state index in [0.29, 0.717) is 29.4 Å². The summed E-state index contributed by atoms with van der Waals surface area (Å²) in [5, 5.41) is 0. The van der Waals surface area contributed by atoms with E-state index >= 15 is 0 Å². The smallest absolute Gasteiger partial charge is 0.325 e. The molecule has 7 rings (SSSR count). The Kier molecular flexibility index (Phi) is 7.05. The third-order valence-electron chi connectivity index (χ3n) is 10.5. The van der Waals surface area contributed by atoms with E-state index in [1.54, 1.807) is 6.07 Å². The van der Waals surface area contributed by atoms with E-state index in [1.165, 1.54) is 81.7 Å². The fraction of sp³-hybridized carbons (Fsp3) is 0.576. The van der Waals surface area contributed by atoms with Crippen molar-refractivity contribution in [2.45, 2.75) is 101 Å². The van der Waals surface area contributed by atoms with E-state index in [9.17, 15) is 14.4 Å². The molecule has 2 unspecified atom stereocenters. The van der Waals surface area contributed by atoms with Crippen molar-refractivity contribution in [2.75, 3.05) is 7.11 Å². The van der Waals surface area contributed by atoms with Crippen LogP contribution in [0.5, 0.6) is 0 Å². The van der Waals surface area contributed by atoms with Crippen molar-refractivity contribution in [3.8, 4) is 11.3 Å². The largest absolute Gasteiger partial charge is 0.468 e. The van der Waals surface area contributed by atoms with Crippen molar-refractivity contribution in [1.82, 2.24) is 19.0 Å². The number of hydrogen-bond acceptors (Lipinski definition) is 6. The molecule has 8 heteroatoms. The summed E-state index contributed by atoms with van der Waals surface area (Å²) in [6.07, 6.45) is 15.6. The maximum absolute atomic E-state index is 14.2. The Hall–Kier alpha value is -3.26. The molecule has 4 bridgehead atoms. The molecule has 4 aliphatic rings. The van der Waals surface area contributed by atoms with Crippen LogP contribution in [0.1, 0.15) is 76.7 Å². The Morgan fingerprint density at radius 3 is 2.29 bits per heavy atom. The molecule has 0 N–H and O–H groups in total. The lowest BCUT2D eigenvalue weighted by atomic mass is 9.68. The van der Waals surface area contributed by atoms with Gasteiger partial charge >= 0.3 is 5.97 Å². The van der Waals surface area contributed by atoms with Gasteiger partial charge in [-0.15, -0.1) is 0 Å². The Bertz CT molecular complexity index is 1550. The molecular formula is C33H40N4O4. The molecule has 216 valence electrons. The third kappa shape index (κ3) is 4.94.